The van der Waals surface area contributed by atoms with Crippen LogP contribution in [0.2, 0.25) is 0 Å². The molecule has 106 valence electrons. The molecule has 0 radical (unpaired) electrons. The predicted octanol–water partition coefficient (Wildman–Crippen LogP) is 2.96. The Morgan fingerprint density at radius 3 is 2.42 bits per heavy atom. The van der Waals surface area contributed by atoms with Crippen LogP contribution in [0.15, 0.2) is 24.3 Å². The summed E-state index contributed by atoms with van der Waals surface area (Å²) in [7, 11) is 0. The van der Waals surface area contributed by atoms with Gasteiger partial charge >= 0.3 is 0 Å². The van der Waals surface area contributed by atoms with Crippen LogP contribution in [0, 0.1) is 5.92 Å². The average Bonchev–Trinajstić information content (AvgIpc) is 3.25. The molecule has 1 saturated carbocycles. The molecular weight excluding hydrogens is 236 g/mol. The van der Waals surface area contributed by atoms with E-state index in [1.54, 1.807) is 0 Å². The van der Waals surface area contributed by atoms with Crippen molar-refractivity contribution >= 4 is 0 Å². The molecule has 2 unspecified atom stereocenters. The molecule has 1 aliphatic rings. The van der Waals surface area contributed by atoms with Crippen LogP contribution in [0.5, 0.6) is 0 Å². The van der Waals surface area contributed by atoms with E-state index in [-0.39, 0.29) is 12.1 Å². The zero-order valence-corrected chi connectivity index (χ0v) is 12.1. The average molecular weight is 262 g/mol. The van der Waals surface area contributed by atoms with Crippen LogP contribution in [-0.4, -0.2) is 12.7 Å². The Kier molecular flexibility index (Phi) is 5.37. The normalized spacial score (nSPS) is 18.3. The molecule has 1 fully saturated rings. The zero-order chi connectivity index (χ0) is 13.7. The smallest absolute Gasteiger partial charge is 0.0810 e. The van der Waals surface area contributed by atoms with E-state index in [0.717, 1.165) is 13.0 Å². The molecule has 0 heterocycles. The van der Waals surface area contributed by atoms with Crippen LogP contribution in [0.25, 0.3) is 0 Å². The van der Waals surface area contributed by atoms with E-state index in [1.165, 1.54) is 30.4 Å². The molecule has 0 amide bonds. The number of nitrogens with one attached hydrogen (secondary N) is 1. The monoisotopic (exact) mass is 262 g/mol. The number of hydrazine groups is 1. The van der Waals surface area contributed by atoms with Gasteiger partial charge in [-0.05, 0) is 43.2 Å². The van der Waals surface area contributed by atoms with Gasteiger partial charge in [-0.3, -0.25) is 11.3 Å². The molecule has 19 heavy (non-hydrogen) atoms. The van der Waals surface area contributed by atoms with Crippen LogP contribution in [0.3, 0.4) is 0 Å². The van der Waals surface area contributed by atoms with Crippen molar-refractivity contribution < 1.29 is 4.74 Å². The molecule has 3 nitrogen and oxygen atoms in total. The third-order valence-electron chi connectivity index (χ3n) is 3.83. The Morgan fingerprint density at radius 2 is 1.95 bits per heavy atom. The van der Waals surface area contributed by atoms with Gasteiger partial charge in [-0.25, -0.2) is 0 Å². The van der Waals surface area contributed by atoms with Gasteiger partial charge < -0.3 is 4.74 Å². The molecule has 0 aliphatic heterocycles. The van der Waals surface area contributed by atoms with E-state index < -0.39 is 0 Å². The Morgan fingerprint density at radius 1 is 1.26 bits per heavy atom. The molecule has 0 saturated heterocycles. The van der Waals surface area contributed by atoms with E-state index >= 15 is 0 Å². The second kappa shape index (κ2) is 7.04. The van der Waals surface area contributed by atoms with E-state index in [9.17, 15) is 0 Å². The highest BCUT2D eigenvalue weighted by atomic mass is 16.5. The summed E-state index contributed by atoms with van der Waals surface area (Å²) in [5.41, 5.74) is 5.57. The van der Waals surface area contributed by atoms with E-state index in [1.807, 2.05) is 6.92 Å². The maximum Gasteiger partial charge on any atom is 0.0810 e. The van der Waals surface area contributed by atoms with Gasteiger partial charge in [0.25, 0.3) is 0 Å². The molecule has 1 aliphatic carbocycles. The van der Waals surface area contributed by atoms with Gasteiger partial charge in [0.05, 0.1) is 12.1 Å². The summed E-state index contributed by atoms with van der Waals surface area (Å²) < 4.78 is 5.91. The molecule has 3 heteroatoms. The molecule has 1 aromatic rings. The number of benzene rings is 1. The van der Waals surface area contributed by atoms with E-state index in [0.29, 0.717) is 5.92 Å². The fourth-order valence-corrected chi connectivity index (χ4v) is 2.68. The molecule has 0 aromatic heterocycles. The lowest BCUT2D eigenvalue weighted by atomic mass is 9.97. The zero-order valence-electron chi connectivity index (χ0n) is 12.1. The molecule has 2 atom stereocenters. The topological polar surface area (TPSA) is 47.3 Å². The summed E-state index contributed by atoms with van der Waals surface area (Å²) in [5.74, 6) is 6.43. The second-order valence-electron chi connectivity index (χ2n) is 5.39. The van der Waals surface area contributed by atoms with Gasteiger partial charge in [-0.1, -0.05) is 37.6 Å². The number of aryl methyl sites for hydroxylation is 1. The quantitative estimate of drug-likeness (QED) is 0.559. The number of hydrogen-bond acceptors (Lipinski definition) is 3. The van der Waals surface area contributed by atoms with Crippen molar-refractivity contribution in [1.82, 2.24) is 5.43 Å². The Bertz CT molecular complexity index is 373. The van der Waals surface area contributed by atoms with Gasteiger partial charge in [0.1, 0.15) is 0 Å². The van der Waals surface area contributed by atoms with Crippen molar-refractivity contribution in [2.45, 2.75) is 51.7 Å². The van der Waals surface area contributed by atoms with Gasteiger partial charge in [-0.2, -0.15) is 0 Å². The summed E-state index contributed by atoms with van der Waals surface area (Å²) in [6.07, 6.45) is 5.04. The molecule has 0 spiro atoms. The second-order valence-corrected chi connectivity index (χ2v) is 5.39. The Hall–Kier alpha value is -0.900. The Balaban J connectivity index is 2.10. The minimum Gasteiger partial charge on any atom is -0.376 e. The maximum absolute atomic E-state index is 5.91. The fraction of sp³-hybridized carbons (Fsp3) is 0.625. The van der Waals surface area contributed by atoms with Crippen LogP contribution < -0.4 is 11.3 Å². The first-order valence-electron chi connectivity index (χ1n) is 7.46. The first kappa shape index (κ1) is 14.5. The summed E-state index contributed by atoms with van der Waals surface area (Å²) in [6.45, 7) is 5.00. The first-order chi connectivity index (χ1) is 9.30. The SMILES string of the molecule is CCCc1ccc(C(NN)C(OCC)C2CC2)cc1. The molecule has 0 bridgehead atoms. The number of hydrogen-bond donors (Lipinski definition) is 2. The lowest BCUT2D eigenvalue weighted by Gasteiger charge is -2.27. The molecule has 2 rings (SSSR count). The minimum absolute atomic E-state index is 0.100. The summed E-state index contributed by atoms with van der Waals surface area (Å²) in [4.78, 5) is 0. The summed E-state index contributed by atoms with van der Waals surface area (Å²) in [6, 6.07) is 8.88. The highest BCUT2D eigenvalue weighted by Crippen LogP contribution is 2.39. The van der Waals surface area contributed by atoms with Crippen molar-refractivity contribution in [2.75, 3.05) is 6.61 Å². The van der Waals surface area contributed by atoms with Crippen LogP contribution in [0.1, 0.15) is 50.3 Å². The highest BCUT2D eigenvalue weighted by Gasteiger charge is 2.37. The number of ether oxygens (including phenoxy) is 1. The van der Waals surface area contributed by atoms with E-state index in [4.69, 9.17) is 10.6 Å². The largest absolute Gasteiger partial charge is 0.376 e. The summed E-state index contributed by atoms with van der Waals surface area (Å²) >= 11 is 0. The predicted molar refractivity (Wildman–Crippen MR) is 78.6 cm³/mol. The minimum atomic E-state index is 0.100. The van der Waals surface area contributed by atoms with Gasteiger partial charge in [0.2, 0.25) is 0 Å². The third-order valence-corrected chi connectivity index (χ3v) is 3.83. The molecule has 1 aromatic carbocycles. The standard InChI is InChI=1S/C16H26N2O/c1-3-5-12-6-8-13(9-7-12)15(18-17)16(19-4-2)14-10-11-14/h6-9,14-16,18H,3-5,10-11,17H2,1-2H3. The van der Waals surface area contributed by atoms with Crippen molar-refractivity contribution in [3.63, 3.8) is 0 Å². The van der Waals surface area contributed by atoms with Crippen molar-refractivity contribution in [1.29, 1.82) is 0 Å². The Labute approximate surface area is 116 Å². The summed E-state index contributed by atoms with van der Waals surface area (Å²) in [5, 5.41) is 0. The van der Waals surface area contributed by atoms with E-state index in [2.05, 4.69) is 36.6 Å². The highest BCUT2D eigenvalue weighted by molar-refractivity contribution is 5.26. The van der Waals surface area contributed by atoms with Crippen LogP contribution in [-0.2, 0) is 11.2 Å². The number of rotatable bonds is 8. The first-order valence-corrected chi connectivity index (χ1v) is 7.46. The molecule has 3 N–H and O–H groups in total. The third kappa shape index (κ3) is 3.78. The van der Waals surface area contributed by atoms with Crippen molar-refractivity contribution in [3.05, 3.63) is 35.4 Å². The fourth-order valence-electron chi connectivity index (χ4n) is 2.68. The van der Waals surface area contributed by atoms with Gasteiger partial charge in [0.15, 0.2) is 0 Å². The van der Waals surface area contributed by atoms with Gasteiger partial charge in [0, 0.05) is 6.61 Å². The van der Waals surface area contributed by atoms with Crippen LogP contribution in [0.4, 0.5) is 0 Å². The van der Waals surface area contributed by atoms with Gasteiger partial charge in [-0.15, -0.1) is 0 Å². The van der Waals surface area contributed by atoms with Crippen LogP contribution >= 0.6 is 0 Å². The lowest BCUT2D eigenvalue weighted by Crippen LogP contribution is -2.39. The maximum atomic E-state index is 5.91. The lowest BCUT2D eigenvalue weighted by molar-refractivity contribution is 0.0185. The van der Waals surface area contributed by atoms with Crippen molar-refractivity contribution in [2.24, 2.45) is 11.8 Å². The molecular formula is C16H26N2O. The number of nitrogens with two attached hydrogens (primary N) is 1. The van der Waals surface area contributed by atoms with Crippen molar-refractivity contribution in [3.8, 4) is 0 Å².